The van der Waals surface area contributed by atoms with E-state index in [0.717, 1.165) is 6.54 Å². The van der Waals surface area contributed by atoms with Crippen molar-refractivity contribution in [2.24, 2.45) is 0 Å². The van der Waals surface area contributed by atoms with Gasteiger partial charge in [0.2, 0.25) is 5.91 Å². The molecule has 4 heteroatoms. The molecule has 2 saturated heterocycles. The van der Waals surface area contributed by atoms with Crippen molar-refractivity contribution in [3.05, 3.63) is 0 Å². The Morgan fingerprint density at radius 2 is 1.79 bits per heavy atom. The lowest BCUT2D eigenvalue weighted by Crippen LogP contribution is -2.56. The van der Waals surface area contributed by atoms with Crippen LogP contribution in [0.25, 0.3) is 0 Å². The fraction of sp³-hybridized carbons (Fsp3) is 0.933. The number of carbonyl (C=O) groups is 1. The van der Waals surface area contributed by atoms with Crippen molar-refractivity contribution in [2.75, 3.05) is 6.54 Å². The molecule has 0 aromatic carbocycles. The summed E-state index contributed by atoms with van der Waals surface area (Å²) in [5.41, 5.74) is 0. The maximum Gasteiger partial charge on any atom is 0.237 e. The van der Waals surface area contributed by atoms with Gasteiger partial charge in [-0.15, -0.1) is 0 Å². The molecule has 2 heterocycles. The molecule has 2 N–H and O–H groups in total. The first-order chi connectivity index (χ1) is 9.02. The van der Waals surface area contributed by atoms with Gasteiger partial charge in [0.25, 0.3) is 0 Å². The Labute approximate surface area is 117 Å². The summed E-state index contributed by atoms with van der Waals surface area (Å²) in [6.45, 7) is 9.34. The first-order valence-electron chi connectivity index (χ1n) is 7.84. The van der Waals surface area contributed by atoms with Crippen LogP contribution < -0.4 is 10.6 Å². The zero-order valence-electron chi connectivity index (χ0n) is 12.8. The number of amides is 1. The van der Waals surface area contributed by atoms with E-state index in [2.05, 4.69) is 29.4 Å². The summed E-state index contributed by atoms with van der Waals surface area (Å²) in [4.78, 5) is 14.7. The van der Waals surface area contributed by atoms with Crippen LogP contribution in [0.15, 0.2) is 0 Å². The normalized spacial score (nSPS) is 32.6. The molecule has 2 fully saturated rings. The molecule has 0 aliphatic carbocycles. The lowest BCUT2D eigenvalue weighted by atomic mass is 9.95. The molecule has 4 nitrogen and oxygen atoms in total. The third-order valence-electron chi connectivity index (χ3n) is 4.54. The van der Waals surface area contributed by atoms with Gasteiger partial charge in [-0.25, -0.2) is 0 Å². The van der Waals surface area contributed by atoms with Crippen LogP contribution in [0.2, 0.25) is 0 Å². The Kier molecular flexibility index (Phi) is 4.85. The van der Waals surface area contributed by atoms with Crippen molar-refractivity contribution in [2.45, 2.75) is 83.6 Å². The molecule has 0 aromatic heterocycles. The van der Waals surface area contributed by atoms with Gasteiger partial charge in [0.05, 0.1) is 6.04 Å². The van der Waals surface area contributed by atoms with Crippen LogP contribution >= 0.6 is 0 Å². The summed E-state index contributed by atoms with van der Waals surface area (Å²) in [5, 5.41) is 6.63. The van der Waals surface area contributed by atoms with E-state index in [1.807, 2.05) is 13.8 Å². The number of rotatable bonds is 5. The molecule has 2 aliphatic heterocycles. The number of hydrogen-bond donors (Lipinski definition) is 2. The Bertz CT molecular complexity index is 305. The molecular formula is C15H29N3O. The second kappa shape index (κ2) is 6.23. The summed E-state index contributed by atoms with van der Waals surface area (Å²) in [6.07, 6.45) is 4.91. The molecule has 3 unspecified atom stereocenters. The number of hydrogen-bond acceptors (Lipinski definition) is 3. The van der Waals surface area contributed by atoms with Crippen LogP contribution in [0.3, 0.4) is 0 Å². The van der Waals surface area contributed by atoms with E-state index in [9.17, 15) is 4.79 Å². The van der Waals surface area contributed by atoms with Crippen LogP contribution in [-0.2, 0) is 4.79 Å². The average molecular weight is 267 g/mol. The van der Waals surface area contributed by atoms with Gasteiger partial charge in [-0.05, 0) is 53.0 Å². The van der Waals surface area contributed by atoms with Crippen molar-refractivity contribution >= 4 is 5.91 Å². The standard InChI is InChI=1S/C15H29N3O/c1-5-16-12-8-13-6-7-14(9-12)18(13)11(4)15(19)17-10(2)3/h10-14,16H,5-9H2,1-4H3,(H,17,19). The number of carbonyl (C=O) groups excluding carboxylic acids is 1. The van der Waals surface area contributed by atoms with E-state index in [4.69, 9.17) is 0 Å². The van der Waals surface area contributed by atoms with Crippen molar-refractivity contribution in [1.82, 2.24) is 15.5 Å². The third-order valence-corrected chi connectivity index (χ3v) is 4.54. The van der Waals surface area contributed by atoms with E-state index in [1.54, 1.807) is 0 Å². The molecule has 0 aromatic rings. The minimum Gasteiger partial charge on any atom is -0.353 e. The highest BCUT2D eigenvalue weighted by atomic mass is 16.2. The topological polar surface area (TPSA) is 44.4 Å². The van der Waals surface area contributed by atoms with E-state index in [-0.39, 0.29) is 18.0 Å². The Morgan fingerprint density at radius 3 is 2.26 bits per heavy atom. The Hall–Kier alpha value is -0.610. The predicted molar refractivity (Wildman–Crippen MR) is 78.1 cm³/mol. The van der Waals surface area contributed by atoms with Gasteiger partial charge in [0.1, 0.15) is 0 Å². The van der Waals surface area contributed by atoms with Crippen LogP contribution in [-0.4, -0.2) is 47.6 Å². The molecule has 2 bridgehead atoms. The predicted octanol–water partition coefficient (Wildman–Crippen LogP) is 1.50. The van der Waals surface area contributed by atoms with Crippen molar-refractivity contribution in [1.29, 1.82) is 0 Å². The van der Waals surface area contributed by atoms with Crippen molar-refractivity contribution < 1.29 is 4.79 Å². The third kappa shape index (κ3) is 3.29. The molecule has 1 amide bonds. The second-order valence-corrected chi connectivity index (χ2v) is 6.40. The lowest BCUT2D eigenvalue weighted by Gasteiger charge is -2.42. The van der Waals surface area contributed by atoms with E-state index in [0.29, 0.717) is 18.1 Å². The summed E-state index contributed by atoms with van der Waals surface area (Å²) >= 11 is 0. The van der Waals surface area contributed by atoms with Crippen molar-refractivity contribution in [3.8, 4) is 0 Å². The number of nitrogens with zero attached hydrogens (tertiary/aromatic N) is 1. The van der Waals surface area contributed by atoms with Gasteiger partial charge in [-0.2, -0.15) is 0 Å². The second-order valence-electron chi connectivity index (χ2n) is 6.40. The first kappa shape index (κ1) is 14.8. The molecule has 2 rings (SSSR count). The fourth-order valence-corrected chi connectivity index (χ4v) is 3.84. The molecule has 0 saturated carbocycles. The average Bonchev–Trinajstić information content (AvgIpc) is 2.59. The van der Waals surface area contributed by atoms with Crippen LogP contribution in [0.4, 0.5) is 0 Å². The first-order valence-corrected chi connectivity index (χ1v) is 7.84. The number of nitrogens with one attached hydrogen (secondary N) is 2. The summed E-state index contributed by atoms with van der Waals surface area (Å²) in [7, 11) is 0. The molecular weight excluding hydrogens is 238 g/mol. The van der Waals surface area contributed by atoms with Crippen LogP contribution in [0.5, 0.6) is 0 Å². The Morgan fingerprint density at radius 1 is 1.21 bits per heavy atom. The molecule has 3 atom stereocenters. The summed E-state index contributed by atoms with van der Waals surface area (Å²) in [5.74, 6) is 0.189. The molecule has 19 heavy (non-hydrogen) atoms. The number of fused-ring (bicyclic) bond motifs is 2. The van der Waals surface area contributed by atoms with Gasteiger partial charge < -0.3 is 10.6 Å². The van der Waals surface area contributed by atoms with E-state index in [1.165, 1.54) is 25.7 Å². The highest BCUT2D eigenvalue weighted by molar-refractivity contribution is 5.81. The zero-order chi connectivity index (χ0) is 14.0. The van der Waals surface area contributed by atoms with Gasteiger partial charge in [-0.1, -0.05) is 6.92 Å². The van der Waals surface area contributed by atoms with Gasteiger partial charge in [0, 0.05) is 24.2 Å². The van der Waals surface area contributed by atoms with Gasteiger partial charge in [0.15, 0.2) is 0 Å². The number of piperidine rings is 1. The van der Waals surface area contributed by atoms with Crippen molar-refractivity contribution in [3.63, 3.8) is 0 Å². The lowest BCUT2D eigenvalue weighted by molar-refractivity contribution is -0.128. The quantitative estimate of drug-likeness (QED) is 0.793. The minimum absolute atomic E-state index is 0.0162. The van der Waals surface area contributed by atoms with Crippen LogP contribution in [0, 0.1) is 0 Å². The summed E-state index contributed by atoms with van der Waals surface area (Å²) in [6, 6.07) is 2.08. The van der Waals surface area contributed by atoms with Gasteiger partial charge in [-0.3, -0.25) is 9.69 Å². The molecule has 0 spiro atoms. The smallest absolute Gasteiger partial charge is 0.237 e. The zero-order valence-corrected chi connectivity index (χ0v) is 12.8. The monoisotopic (exact) mass is 267 g/mol. The largest absolute Gasteiger partial charge is 0.353 e. The molecule has 110 valence electrons. The molecule has 2 aliphatic rings. The fourth-order valence-electron chi connectivity index (χ4n) is 3.84. The maximum atomic E-state index is 12.2. The Balaban J connectivity index is 1.97. The van der Waals surface area contributed by atoms with E-state index >= 15 is 0 Å². The van der Waals surface area contributed by atoms with E-state index < -0.39 is 0 Å². The SMILES string of the molecule is CCNC1CC2CCC(C1)N2C(C)C(=O)NC(C)C. The maximum absolute atomic E-state index is 12.2. The van der Waals surface area contributed by atoms with Gasteiger partial charge >= 0.3 is 0 Å². The summed E-state index contributed by atoms with van der Waals surface area (Å²) < 4.78 is 0. The highest BCUT2D eigenvalue weighted by Crippen LogP contribution is 2.37. The molecule has 0 radical (unpaired) electrons. The minimum atomic E-state index is 0.0162. The van der Waals surface area contributed by atoms with Crippen LogP contribution in [0.1, 0.15) is 53.4 Å². The highest BCUT2D eigenvalue weighted by Gasteiger charge is 2.44.